The summed E-state index contributed by atoms with van der Waals surface area (Å²) < 4.78 is 20.2. The van der Waals surface area contributed by atoms with E-state index in [2.05, 4.69) is 6.58 Å². The Hall–Kier alpha value is -4.60. The fraction of sp³-hybridized carbons (Fsp3) is 0.289. The Balaban J connectivity index is 1.66. The van der Waals surface area contributed by atoms with Gasteiger partial charge in [-0.05, 0) is 70.0 Å². The third-order valence-electron chi connectivity index (χ3n) is 8.18. The van der Waals surface area contributed by atoms with Crippen LogP contribution in [0.1, 0.15) is 56.0 Å². The number of hydrogen-bond acceptors (Lipinski definition) is 7. The zero-order valence-electron chi connectivity index (χ0n) is 27.9. The zero-order valence-corrected chi connectivity index (χ0v) is 29.5. The summed E-state index contributed by atoms with van der Waals surface area (Å²) in [6, 6.07) is 18.2. The Morgan fingerprint density at radius 2 is 1.77 bits per heavy atom. The minimum Gasteiger partial charge on any atom is -0.496 e. The van der Waals surface area contributed by atoms with Gasteiger partial charge in [0.15, 0.2) is 16.3 Å². The van der Waals surface area contributed by atoms with Crippen LogP contribution in [0.5, 0.6) is 17.2 Å². The van der Waals surface area contributed by atoms with Crippen molar-refractivity contribution >= 4 is 34.9 Å². The highest BCUT2D eigenvalue weighted by atomic mass is 35.5. The van der Waals surface area contributed by atoms with Crippen LogP contribution in [0.2, 0.25) is 5.02 Å². The van der Waals surface area contributed by atoms with E-state index in [0.29, 0.717) is 74.6 Å². The maximum atomic E-state index is 14.4. The molecule has 10 heteroatoms. The number of methoxy groups -OCH3 is 1. The highest BCUT2D eigenvalue weighted by Crippen LogP contribution is 2.37. The van der Waals surface area contributed by atoms with Gasteiger partial charge in [0, 0.05) is 34.8 Å². The molecule has 0 saturated heterocycles. The van der Waals surface area contributed by atoms with Crippen molar-refractivity contribution in [1.82, 2.24) is 9.47 Å². The smallest absolute Gasteiger partial charge is 0.271 e. The molecule has 1 atom stereocenters. The molecule has 48 heavy (non-hydrogen) atoms. The lowest BCUT2D eigenvalue weighted by Crippen LogP contribution is -2.43. The number of allylic oxidation sites excluding steroid dienone is 2. The van der Waals surface area contributed by atoms with E-state index >= 15 is 0 Å². The SMILES string of the molecule is C=CCc1cc(/C=c2\sc3n(c2=O)[C@H](c2ccccc2OC)C(C(=O)N(CC)CC)=C(C)N=3)cc(OCC)c1OCc1ccccc1Cl. The predicted octanol–water partition coefficient (Wildman–Crippen LogP) is 6.47. The number of rotatable bonds is 13. The molecule has 0 fully saturated rings. The first kappa shape index (κ1) is 34.7. The monoisotopic (exact) mass is 685 g/mol. The summed E-state index contributed by atoms with van der Waals surface area (Å²) in [6.45, 7) is 13.3. The molecular formula is C38H40ClN3O5S. The van der Waals surface area contributed by atoms with Crippen molar-refractivity contribution in [3.63, 3.8) is 0 Å². The van der Waals surface area contributed by atoms with E-state index in [0.717, 1.165) is 16.7 Å². The number of nitrogens with zero attached hydrogens (tertiary/aromatic N) is 3. The number of aromatic nitrogens is 1. The molecule has 1 aliphatic rings. The van der Waals surface area contributed by atoms with Crippen LogP contribution in [0.15, 0.2) is 94.4 Å². The van der Waals surface area contributed by atoms with E-state index < -0.39 is 6.04 Å². The Bertz CT molecular complexity index is 2040. The van der Waals surface area contributed by atoms with Crippen LogP contribution in [0.4, 0.5) is 0 Å². The predicted molar refractivity (Wildman–Crippen MR) is 192 cm³/mol. The summed E-state index contributed by atoms with van der Waals surface area (Å²) in [5, 5.41) is 0.622. The van der Waals surface area contributed by atoms with Crippen LogP contribution in [-0.2, 0) is 17.8 Å². The van der Waals surface area contributed by atoms with Crippen molar-refractivity contribution < 1.29 is 19.0 Å². The molecule has 0 bridgehead atoms. The van der Waals surface area contributed by atoms with Crippen molar-refractivity contribution in [3.05, 3.63) is 132 Å². The first-order valence-corrected chi connectivity index (χ1v) is 17.2. The van der Waals surface area contributed by atoms with Crippen molar-refractivity contribution in [2.24, 2.45) is 4.99 Å². The summed E-state index contributed by atoms with van der Waals surface area (Å²) >= 11 is 7.68. The van der Waals surface area contributed by atoms with Crippen LogP contribution < -0.4 is 29.1 Å². The minimum absolute atomic E-state index is 0.158. The van der Waals surface area contributed by atoms with E-state index in [4.69, 9.17) is 30.8 Å². The van der Waals surface area contributed by atoms with E-state index in [1.54, 1.807) is 22.7 Å². The van der Waals surface area contributed by atoms with Gasteiger partial charge in [-0.3, -0.25) is 14.2 Å². The van der Waals surface area contributed by atoms with Gasteiger partial charge in [0.05, 0.1) is 29.5 Å². The van der Waals surface area contributed by atoms with Crippen molar-refractivity contribution in [2.45, 2.75) is 46.8 Å². The van der Waals surface area contributed by atoms with Crippen LogP contribution >= 0.6 is 22.9 Å². The second-order valence-electron chi connectivity index (χ2n) is 11.1. The highest BCUT2D eigenvalue weighted by molar-refractivity contribution is 7.07. The number of benzene rings is 3. The molecule has 8 nitrogen and oxygen atoms in total. The van der Waals surface area contributed by atoms with E-state index in [1.165, 1.54) is 11.3 Å². The number of ether oxygens (including phenoxy) is 3. The highest BCUT2D eigenvalue weighted by Gasteiger charge is 2.35. The molecule has 3 aromatic carbocycles. The number of thiazole rings is 1. The molecule has 1 amide bonds. The maximum Gasteiger partial charge on any atom is 0.271 e. The number of amides is 1. The van der Waals surface area contributed by atoms with Gasteiger partial charge in [-0.1, -0.05) is 65.4 Å². The number of para-hydroxylation sites is 1. The molecule has 5 rings (SSSR count). The molecule has 250 valence electrons. The van der Waals surface area contributed by atoms with Gasteiger partial charge in [0.25, 0.3) is 11.5 Å². The molecule has 4 aromatic rings. The largest absolute Gasteiger partial charge is 0.496 e. The van der Waals surface area contributed by atoms with Gasteiger partial charge >= 0.3 is 0 Å². The van der Waals surface area contributed by atoms with Gasteiger partial charge in [0.1, 0.15) is 18.4 Å². The van der Waals surface area contributed by atoms with Gasteiger partial charge in [-0.15, -0.1) is 6.58 Å². The van der Waals surface area contributed by atoms with Crippen molar-refractivity contribution in [3.8, 4) is 17.2 Å². The van der Waals surface area contributed by atoms with Gasteiger partial charge in [-0.25, -0.2) is 4.99 Å². The molecule has 0 saturated carbocycles. The van der Waals surface area contributed by atoms with Crippen molar-refractivity contribution in [1.29, 1.82) is 0 Å². The van der Waals surface area contributed by atoms with Gasteiger partial charge in [0.2, 0.25) is 0 Å². The first-order valence-electron chi connectivity index (χ1n) is 16.0. The summed E-state index contributed by atoms with van der Waals surface area (Å²) in [6.07, 6.45) is 4.15. The molecule has 0 radical (unpaired) electrons. The average Bonchev–Trinajstić information content (AvgIpc) is 3.38. The fourth-order valence-corrected chi connectivity index (χ4v) is 7.12. The number of carbonyl (C=O) groups excluding carboxylic acids is 1. The molecule has 0 N–H and O–H groups in total. The number of hydrogen-bond donors (Lipinski definition) is 0. The standard InChI is InChI=1S/C38H40ClN3O5S/c1-7-15-26-20-25(21-31(46-10-4)35(26)47-23-27-16-11-13-18-29(27)39)22-32-36(43)42-34(28-17-12-14-19-30(28)45-6)33(24(5)40-38(42)48-32)37(44)41(8-2)9-3/h7,11-14,16-22,34H,1,8-10,15,23H2,2-6H3/b32-22-/t34-/m1/s1. The zero-order chi connectivity index (χ0) is 34.4. The average molecular weight is 686 g/mol. The Morgan fingerprint density at radius 3 is 2.46 bits per heavy atom. The Morgan fingerprint density at radius 1 is 1.04 bits per heavy atom. The molecule has 1 aliphatic heterocycles. The summed E-state index contributed by atoms with van der Waals surface area (Å²) in [5.74, 6) is 1.58. The quantitative estimate of drug-likeness (QED) is 0.151. The second-order valence-corrected chi connectivity index (χ2v) is 12.5. The first-order chi connectivity index (χ1) is 23.3. The lowest BCUT2D eigenvalue weighted by Gasteiger charge is -2.29. The molecular weight excluding hydrogens is 646 g/mol. The minimum atomic E-state index is -0.719. The molecule has 0 spiro atoms. The third kappa shape index (κ3) is 6.98. The maximum absolute atomic E-state index is 14.4. The summed E-state index contributed by atoms with van der Waals surface area (Å²) in [5.41, 5.74) is 3.96. The third-order valence-corrected chi connectivity index (χ3v) is 9.53. The number of carbonyl (C=O) groups is 1. The molecule has 0 aliphatic carbocycles. The lowest BCUT2D eigenvalue weighted by atomic mass is 9.94. The van der Waals surface area contributed by atoms with Crippen LogP contribution in [0.3, 0.4) is 0 Å². The normalized spacial score (nSPS) is 14.3. The molecule has 0 unspecified atom stereocenters. The number of fused-ring (bicyclic) bond motifs is 1. The van der Waals surface area contributed by atoms with E-state index in [1.807, 2.05) is 94.4 Å². The lowest BCUT2D eigenvalue weighted by molar-refractivity contribution is -0.127. The molecule has 1 aromatic heterocycles. The topological polar surface area (TPSA) is 82.4 Å². The second kappa shape index (κ2) is 15.5. The summed E-state index contributed by atoms with van der Waals surface area (Å²) in [7, 11) is 1.59. The van der Waals surface area contributed by atoms with Crippen LogP contribution in [0.25, 0.3) is 6.08 Å². The van der Waals surface area contributed by atoms with Crippen LogP contribution in [0, 0.1) is 0 Å². The van der Waals surface area contributed by atoms with Crippen molar-refractivity contribution in [2.75, 3.05) is 26.8 Å². The number of halogens is 1. The van der Waals surface area contributed by atoms with Gasteiger partial charge < -0.3 is 19.1 Å². The summed E-state index contributed by atoms with van der Waals surface area (Å²) in [4.78, 5) is 35.4. The van der Waals surface area contributed by atoms with Gasteiger partial charge in [-0.2, -0.15) is 0 Å². The fourth-order valence-electron chi connectivity index (χ4n) is 5.88. The van der Waals surface area contributed by atoms with E-state index in [9.17, 15) is 9.59 Å². The number of likely N-dealkylation sites (N-methyl/N-ethyl adjacent to an activating group) is 1. The Kier molecular flexibility index (Phi) is 11.2. The van der Waals surface area contributed by atoms with Crippen LogP contribution in [-0.4, -0.2) is 42.2 Å². The van der Waals surface area contributed by atoms with E-state index in [-0.39, 0.29) is 18.1 Å². The molecule has 2 heterocycles. The Labute approximate surface area is 289 Å².